The first-order valence-corrected chi connectivity index (χ1v) is 12.0. The SMILES string of the molecule is CCOC(=O)[C@@H]1[C@H](S(F)(F)(F)(F)F)[C@@H](C(=O)NCc2ccccc2)ON1Cc1ccccc1. The third-order valence-electron chi connectivity index (χ3n) is 4.96. The number of amides is 1. The number of nitrogens with zero attached hydrogens (tertiary/aromatic N) is 1. The van der Waals surface area contributed by atoms with Crippen LogP contribution in [-0.4, -0.2) is 40.9 Å². The van der Waals surface area contributed by atoms with Gasteiger partial charge in [0.05, 0.1) is 13.2 Å². The maximum atomic E-state index is 14.2. The third-order valence-corrected chi connectivity index (χ3v) is 6.49. The average molecular weight is 494 g/mol. The Balaban J connectivity index is 1.97. The van der Waals surface area contributed by atoms with Crippen molar-refractivity contribution >= 4 is 22.1 Å². The summed E-state index contributed by atoms with van der Waals surface area (Å²) in [4.78, 5) is 30.2. The Morgan fingerprint density at radius 1 is 0.970 bits per heavy atom. The number of carbonyl (C=O) groups is 2. The zero-order valence-electron chi connectivity index (χ0n) is 17.5. The van der Waals surface area contributed by atoms with Crippen molar-refractivity contribution in [2.75, 3.05) is 6.61 Å². The molecule has 12 heteroatoms. The summed E-state index contributed by atoms with van der Waals surface area (Å²) in [6.07, 6.45) is -2.68. The number of nitrogens with one attached hydrogen (secondary N) is 1. The van der Waals surface area contributed by atoms with Crippen LogP contribution in [0.4, 0.5) is 19.4 Å². The average Bonchev–Trinajstić information content (AvgIpc) is 3.13. The number of benzene rings is 2. The second kappa shape index (κ2) is 8.58. The maximum Gasteiger partial charge on any atom is 0.327 e. The quantitative estimate of drug-likeness (QED) is 0.425. The van der Waals surface area contributed by atoms with Gasteiger partial charge in [-0.1, -0.05) is 80.1 Å². The van der Waals surface area contributed by atoms with Crippen molar-refractivity contribution in [3.63, 3.8) is 0 Å². The monoisotopic (exact) mass is 494 g/mol. The van der Waals surface area contributed by atoms with Gasteiger partial charge in [-0.15, -0.1) is 0 Å². The van der Waals surface area contributed by atoms with Gasteiger partial charge in [0.1, 0.15) is 0 Å². The predicted molar refractivity (Wildman–Crippen MR) is 112 cm³/mol. The van der Waals surface area contributed by atoms with Gasteiger partial charge in [0.2, 0.25) is 0 Å². The molecule has 0 radical (unpaired) electrons. The van der Waals surface area contributed by atoms with Crippen molar-refractivity contribution in [3.8, 4) is 0 Å². The highest BCUT2D eigenvalue weighted by molar-refractivity contribution is 8.46. The number of carbonyl (C=O) groups excluding carboxylic acids is 2. The molecule has 182 valence electrons. The lowest BCUT2D eigenvalue weighted by molar-refractivity contribution is -0.189. The molecule has 2 aromatic rings. The number of ether oxygens (including phenoxy) is 1. The molecule has 0 unspecified atom stereocenters. The number of hydrogen-bond acceptors (Lipinski definition) is 5. The molecule has 2 aromatic carbocycles. The number of hydrogen-bond donors (Lipinski definition) is 1. The first-order valence-electron chi connectivity index (χ1n) is 9.98. The summed E-state index contributed by atoms with van der Waals surface area (Å²) in [5.41, 5.74) is 0.925. The molecule has 1 N–H and O–H groups in total. The largest absolute Gasteiger partial charge is 0.465 e. The maximum absolute atomic E-state index is 14.2. The van der Waals surface area contributed by atoms with Gasteiger partial charge < -0.3 is 10.1 Å². The summed E-state index contributed by atoms with van der Waals surface area (Å²) in [5, 5.41) is -1.03. The van der Waals surface area contributed by atoms with E-state index in [1.165, 1.54) is 19.1 Å². The van der Waals surface area contributed by atoms with Crippen LogP contribution in [0.3, 0.4) is 0 Å². The molecule has 0 saturated carbocycles. The highest BCUT2D eigenvalue weighted by Gasteiger charge is 2.79. The molecule has 1 fully saturated rings. The lowest BCUT2D eigenvalue weighted by Gasteiger charge is -2.47. The second-order valence-corrected chi connectivity index (χ2v) is 10.1. The minimum absolute atomic E-state index is 0.213. The van der Waals surface area contributed by atoms with Crippen LogP contribution in [0.5, 0.6) is 0 Å². The van der Waals surface area contributed by atoms with E-state index in [9.17, 15) is 29.0 Å². The highest BCUT2D eigenvalue weighted by atomic mass is 32.5. The normalized spacial score (nSPS) is 23.4. The molecule has 1 saturated heterocycles. The standard InChI is InChI=1S/C21H23F5N2O4S/c1-2-31-21(30)17-19(33(22,23,24,25)26)18(20(29)27-13-15-9-5-3-6-10-15)32-28(17)14-16-11-7-4-8-12-16/h3-12,17-19H,2,13-14H2,1H3,(H,27,29)/t17-,18-,19-/m0/s1. The van der Waals surface area contributed by atoms with E-state index in [0.717, 1.165) is 0 Å². The fourth-order valence-corrected chi connectivity index (χ4v) is 4.91. The molecular weight excluding hydrogens is 471 g/mol. The van der Waals surface area contributed by atoms with Crippen molar-refractivity contribution < 1.29 is 38.6 Å². The number of esters is 1. The van der Waals surface area contributed by atoms with Crippen LogP contribution in [0.1, 0.15) is 18.1 Å². The molecule has 3 atom stereocenters. The van der Waals surface area contributed by atoms with E-state index in [2.05, 4.69) is 10.1 Å². The van der Waals surface area contributed by atoms with Gasteiger partial charge in [-0.3, -0.25) is 14.4 Å². The van der Waals surface area contributed by atoms with E-state index in [1.807, 2.05) is 0 Å². The Kier molecular flexibility index (Phi) is 6.48. The lowest BCUT2D eigenvalue weighted by Crippen LogP contribution is -2.51. The van der Waals surface area contributed by atoms with Crippen molar-refractivity contribution in [2.24, 2.45) is 0 Å². The lowest BCUT2D eigenvalue weighted by atomic mass is 10.1. The fraction of sp³-hybridized carbons (Fsp3) is 0.333. The number of rotatable bonds is 8. The molecule has 0 aliphatic carbocycles. The zero-order valence-corrected chi connectivity index (χ0v) is 18.3. The summed E-state index contributed by atoms with van der Waals surface area (Å²) in [5.74, 6) is -2.97. The fourth-order valence-electron chi connectivity index (χ4n) is 3.54. The Bertz CT molecular complexity index is 993. The predicted octanol–water partition coefficient (Wildman–Crippen LogP) is 4.72. The van der Waals surface area contributed by atoms with Crippen LogP contribution in [0, 0.1) is 0 Å². The molecule has 3 rings (SSSR count). The minimum atomic E-state index is -10.4. The first kappa shape index (κ1) is 24.9. The van der Waals surface area contributed by atoms with E-state index in [-0.39, 0.29) is 13.2 Å². The van der Waals surface area contributed by atoms with Crippen molar-refractivity contribution in [1.29, 1.82) is 0 Å². The summed E-state index contributed by atoms with van der Waals surface area (Å²) in [6, 6.07) is 13.5. The second-order valence-electron chi connectivity index (χ2n) is 7.48. The van der Waals surface area contributed by atoms with E-state index >= 15 is 0 Å². The van der Waals surface area contributed by atoms with Gasteiger partial charge in [0.15, 0.2) is 17.4 Å². The van der Waals surface area contributed by atoms with Gasteiger partial charge in [-0.25, -0.2) is 0 Å². The molecule has 1 aliphatic rings. The van der Waals surface area contributed by atoms with Crippen LogP contribution < -0.4 is 5.32 Å². The van der Waals surface area contributed by atoms with Crippen LogP contribution in [0.25, 0.3) is 0 Å². The van der Waals surface area contributed by atoms with Crippen molar-refractivity contribution in [2.45, 2.75) is 37.4 Å². The van der Waals surface area contributed by atoms with Crippen molar-refractivity contribution in [1.82, 2.24) is 10.4 Å². The van der Waals surface area contributed by atoms with Gasteiger partial charge in [0.25, 0.3) is 16.1 Å². The number of halogens is 5. The Hall–Kier alpha value is -2.70. The molecule has 0 aromatic heterocycles. The highest BCUT2D eigenvalue weighted by Crippen LogP contribution is 3.01. The van der Waals surface area contributed by atoms with E-state index in [1.54, 1.807) is 48.5 Å². The molecule has 1 amide bonds. The zero-order chi connectivity index (χ0) is 24.3. The number of hydroxylamine groups is 2. The Morgan fingerprint density at radius 3 is 2.03 bits per heavy atom. The molecule has 0 bridgehead atoms. The summed E-state index contributed by atoms with van der Waals surface area (Å²) in [6.45, 7) is 0.326. The van der Waals surface area contributed by atoms with E-state index < -0.39 is 46.0 Å². The van der Waals surface area contributed by atoms with Crippen LogP contribution in [0.15, 0.2) is 60.7 Å². The topological polar surface area (TPSA) is 67.9 Å². The molecule has 1 heterocycles. The molecule has 1 aliphatic heterocycles. The smallest absolute Gasteiger partial charge is 0.327 e. The molecule has 33 heavy (non-hydrogen) atoms. The summed E-state index contributed by atoms with van der Waals surface area (Å²) < 4.78 is 75.5. The van der Waals surface area contributed by atoms with Crippen molar-refractivity contribution in [3.05, 3.63) is 71.8 Å². The Labute approximate surface area is 187 Å². The minimum Gasteiger partial charge on any atom is -0.465 e. The van der Waals surface area contributed by atoms with Gasteiger partial charge in [-0.2, -0.15) is 5.06 Å². The van der Waals surface area contributed by atoms with Crippen LogP contribution in [0.2, 0.25) is 0 Å². The summed E-state index contributed by atoms with van der Waals surface area (Å²) >= 11 is 0. The first-order chi connectivity index (χ1) is 15.3. The molecule has 6 nitrogen and oxygen atoms in total. The van der Waals surface area contributed by atoms with Gasteiger partial charge in [-0.05, 0) is 18.1 Å². The third kappa shape index (κ3) is 6.21. The van der Waals surface area contributed by atoms with Gasteiger partial charge in [0, 0.05) is 6.54 Å². The summed E-state index contributed by atoms with van der Waals surface area (Å²) in [7, 11) is -10.4. The van der Waals surface area contributed by atoms with E-state index in [0.29, 0.717) is 16.2 Å². The van der Waals surface area contributed by atoms with Crippen LogP contribution in [-0.2, 0) is 32.3 Å². The molecular formula is C21H23F5N2O4S. The van der Waals surface area contributed by atoms with E-state index in [4.69, 9.17) is 4.84 Å². The van der Waals surface area contributed by atoms with Crippen LogP contribution >= 0.6 is 10.2 Å². The molecule has 0 spiro atoms. The van der Waals surface area contributed by atoms with Gasteiger partial charge >= 0.3 is 5.97 Å². The Morgan fingerprint density at radius 2 is 1.52 bits per heavy atom.